The molecule has 0 unspecified atom stereocenters. The van der Waals surface area contributed by atoms with Crippen LogP contribution in [-0.4, -0.2) is 49.7 Å². The minimum absolute atomic E-state index is 0.0528. The molecule has 0 radical (unpaired) electrons. The number of hydrogen-bond acceptors (Lipinski definition) is 3. The van der Waals surface area contributed by atoms with E-state index < -0.39 is 21.3 Å². The second-order valence-corrected chi connectivity index (χ2v) is 10.3. The molecule has 2 fully saturated rings. The van der Waals surface area contributed by atoms with Gasteiger partial charge in [0, 0.05) is 31.2 Å². The lowest BCUT2D eigenvalue weighted by Gasteiger charge is -2.44. The molecule has 1 saturated heterocycles. The lowest BCUT2D eigenvalue weighted by molar-refractivity contribution is -0.140. The van der Waals surface area contributed by atoms with Crippen LogP contribution in [0.15, 0.2) is 53.4 Å². The van der Waals surface area contributed by atoms with E-state index in [1.54, 1.807) is 11.0 Å². The van der Waals surface area contributed by atoms with Crippen LogP contribution in [0.3, 0.4) is 0 Å². The fourth-order valence-electron chi connectivity index (χ4n) is 4.34. The summed E-state index contributed by atoms with van der Waals surface area (Å²) in [6, 6.07) is 12.3. The second kappa shape index (κ2) is 8.29. The van der Waals surface area contributed by atoms with Crippen LogP contribution in [0, 0.1) is 5.82 Å². The first-order valence-corrected chi connectivity index (χ1v) is 12.0. The summed E-state index contributed by atoms with van der Waals surface area (Å²) in [6.07, 6.45) is 3.09. The van der Waals surface area contributed by atoms with E-state index in [9.17, 15) is 17.6 Å². The molecule has 5 nitrogen and oxygen atoms in total. The quantitative estimate of drug-likeness (QED) is 0.711. The van der Waals surface area contributed by atoms with Crippen molar-refractivity contribution in [1.82, 2.24) is 9.21 Å². The Bertz CT molecular complexity index is 1040. The van der Waals surface area contributed by atoms with Crippen LogP contribution < -0.4 is 0 Å². The highest BCUT2D eigenvalue weighted by Gasteiger charge is 2.48. The molecule has 1 aliphatic heterocycles. The first-order chi connectivity index (χ1) is 14.3. The van der Waals surface area contributed by atoms with Crippen LogP contribution >= 0.6 is 11.6 Å². The van der Waals surface area contributed by atoms with Crippen molar-refractivity contribution in [3.8, 4) is 0 Å². The van der Waals surface area contributed by atoms with Gasteiger partial charge in [-0.25, -0.2) is 12.8 Å². The number of nitrogens with zero attached hydrogens (tertiary/aromatic N) is 2. The molecule has 160 valence electrons. The van der Waals surface area contributed by atoms with Crippen LogP contribution in [0.4, 0.5) is 4.39 Å². The van der Waals surface area contributed by atoms with Crippen LogP contribution in [0.5, 0.6) is 0 Å². The highest BCUT2D eigenvalue weighted by atomic mass is 35.5. The van der Waals surface area contributed by atoms with Gasteiger partial charge in [0.15, 0.2) is 0 Å². The molecule has 0 aromatic heterocycles. The summed E-state index contributed by atoms with van der Waals surface area (Å²) in [5, 5.41) is 0.610. The van der Waals surface area contributed by atoms with Crippen molar-refractivity contribution in [3.63, 3.8) is 0 Å². The Kier molecular flexibility index (Phi) is 5.88. The number of carbonyl (C=O) groups excluding carboxylic acids is 1. The summed E-state index contributed by atoms with van der Waals surface area (Å²) >= 11 is 6.16. The summed E-state index contributed by atoms with van der Waals surface area (Å²) in [7, 11) is -3.72. The van der Waals surface area contributed by atoms with Crippen LogP contribution in [0.2, 0.25) is 5.02 Å². The Balaban J connectivity index is 1.51. The summed E-state index contributed by atoms with van der Waals surface area (Å²) < 4.78 is 40.4. The molecule has 1 aliphatic carbocycles. The van der Waals surface area contributed by atoms with E-state index in [0.29, 0.717) is 31.1 Å². The van der Waals surface area contributed by atoms with Gasteiger partial charge in [0.05, 0.1) is 10.3 Å². The van der Waals surface area contributed by atoms with Crippen molar-refractivity contribution in [3.05, 3.63) is 64.9 Å². The van der Waals surface area contributed by atoms with Crippen LogP contribution in [0.25, 0.3) is 0 Å². The first kappa shape index (κ1) is 21.3. The molecule has 2 aromatic rings. The maximum Gasteiger partial charge on any atom is 0.243 e. The molecule has 2 aliphatic rings. The van der Waals surface area contributed by atoms with Crippen molar-refractivity contribution < 1.29 is 17.6 Å². The normalized spacial score (nSPS) is 19.7. The Hall–Kier alpha value is -1.96. The van der Waals surface area contributed by atoms with E-state index in [2.05, 4.69) is 0 Å². The summed E-state index contributed by atoms with van der Waals surface area (Å²) in [5.74, 6) is -0.426. The highest BCUT2D eigenvalue weighted by Crippen LogP contribution is 2.46. The smallest absolute Gasteiger partial charge is 0.243 e. The minimum atomic E-state index is -3.72. The maximum absolute atomic E-state index is 13.5. The molecule has 2 aromatic carbocycles. The third-order valence-electron chi connectivity index (χ3n) is 6.19. The number of sulfonamides is 1. The lowest BCUT2D eigenvalue weighted by atomic mass is 9.63. The SMILES string of the molecule is O=C(N1CCCN(S(=O)(=O)c2ccc(F)cc2)CC1)C1(c2cccc(Cl)c2)CCC1. The molecular weight excluding hydrogens is 427 g/mol. The average molecular weight is 451 g/mol. The molecule has 0 bridgehead atoms. The van der Waals surface area contributed by atoms with E-state index in [4.69, 9.17) is 11.6 Å². The zero-order chi connectivity index (χ0) is 21.4. The highest BCUT2D eigenvalue weighted by molar-refractivity contribution is 7.89. The van der Waals surface area contributed by atoms with Gasteiger partial charge >= 0.3 is 0 Å². The number of halogens is 2. The summed E-state index contributed by atoms with van der Waals surface area (Å²) in [6.45, 7) is 1.39. The third kappa shape index (κ3) is 3.86. The predicted molar refractivity (Wildman–Crippen MR) is 113 cm³/mol. The second-order valence-electron chi connectivity index (χ2n) is 7.95. The van der Waals surface area contributed by atoms with E-state index in [0.717, 1.165) is 37.0 Å². The van der Waals surface area contributed by atoms with Crippen molar-refractivity contribution in [2.24, 2.45) is 0 Å². The average Bonchev–Trinajstić information content (AvgIpc) is 2.94. The topological polar surface area (TPSA) is 57.7 Å². The van der Waals surface area contributed by atoms with Gasteiger partial charge in [-0.15, -0.1) is 0 Å². The molecule has 0 spiro atoms. The van der Waals surface area contributed by atoms with Crippen molar-refractivity contribution in [1.29, 1.82) is 0 Å². The zero-order valence-corrected chi connectivity index (χ0v) is 18.1. The molecule has 1 amide bonds. The van der Waals surface area contributed by atoms with Crippen LogP contribution in [-0.2, 0) is 20.2 Å². The standard InChI is InChI=1S/C22H24ClFN2O3S/c23-18-5-1-4-17(16-18)22(10-2-11-22)21(27)25-12-3-13-26(15-14-25)30(28,29)20-8-6-19(24)7-9-20/h1,4-9,16H,2-3,10-15H2. The fourth-order valence-corrected chi connectivity index (χ4v) is 6.00. The molecule has 30 heavy (non-hydrogen) atoms. The fraction of sp³-hybridized carbons (Fsp3) is 0.409. The number of benzene rings is 2. The van der Waals surface area contributed by atoms with Crippen molar-refractivity contribution in [2.45, 2.75) is 36.0 Å². The van der Waals surface area contributed by atoms with E-state index in [-0.39, 0.29) is 17.3 Å². The number of amides is 1. The monoisotopic (exact) mass is 450 g/mol. The predicted octanol–water partition coefficient (Wildman–Crippen LogP) is 3.82. The van der Waals surface area contributed by atoms with E-state index in [1.807, 2.05) is 18.2 Å². The maximum atomic E-state index is 13.5. The summed E-state index contributed by atoms with van der Waals surface area (Å²) in [5.41, 5.74) is 0.377. The molecule has 0 N–H and O–H groups in total. The van der Waals surface area contributed by atoms with Gasteiger partial charge in [-0.3, -0.25) is 4.79 Å². The Morgan fingerprint density at radius 1 is 0.967 bits per heavy atom. The zero-order valence-electron chi connectivity index (χ0n) is 16.6. The third-order valence-corrected chi connectivity index (χ3v) is 8.34. The van der Waals surface area contributed by atoms with E-state index in [1.165, 1.54) is 16.4 Å². The van der Waals surface area contributed by atoms with Gasteiger partial charge in [0.25, 0.3) is 0 Å². The largest absolute Gasteiger partial charge is 0.341 e. The molecule has 0 atom stereocenters. The van der Waals surface area contributed by atoms with Gasteiger partial charge in [0.2, 0.25) is 15.9 Å². The van der Waals surface area contributed by atoms with Gasteiger partial charge in [-0.2, -0.15) is 4.31 Å². The van der Waals surface area contributed by atoms with E-state index >= 15 is 0 Å². The minimum Gasteiger partial charge on any atom is -0.341 e. The summed E-state index contributed by atoms with van der Waals surface area (Å²) in [4.78, 5) is 15.4. The van der Waals surface area contributed by atoms with Gasteiger partial charge < -0.3 is 4.90 Å². The van der Waals surface area contributed by atoms with Gasteiger partial charge in [0.1, 0.15) is 5.82 Å². The number of hydrogen-bond donors (Lipinski definition) is 0. The molecular formula is C22H24ClFN2O3S. The number of rotatable bonds is 4. The Labute approximate surface area is 181 Å². The van der Waals surface area contributed by atoms with Crippen LogP contribution in [0.1, 0.15) is 31.2 Å². The number of carbonyl (C=O) groups is 1. The van der Waals surface area contributed by atoms with Crippen molar-refractivity contribution in [2.75, 3.05) is 26.2 Å². The Morgan fingerprint density at radius 2 is 1.70 bits per heavy atom. The Morgan fingerprint density at radius 3 is 2.33 bits per heavy atom. The lowest BCUT2D eigenvalue weighted by Crippen LogP contribution is -2.52. The molecule has 1 saturated carbocycles. The van der Waals surface area contributed by atoms with Crippen molar-refractivity contribution >= 4 is 27.5 Å². The molecule has 8 heteroatoms. The molecule has 1 heterocycles. The van der Waals surface area contributed by atoms with Gasteiger partial charge in [-0.1, -0.05) is 30.2 Å². The van der Waals surface area contributed by atoms with Gasteiger partial charge in [-0.05, 0) is 61.2 Å². The first-order valence-electron chi connectivity index (χ1n) is 10.1. The molecule has 4 rings (SSSR count).